The molecule has 0 spiro atoms. The molecule has 1 aliphatic carbocycles. The zero-order chi connectivity index (χ0) is 22.2. The van der Waals surface area contributed by atoms with Crippen LogP contribution in [-0.2, 0) is 17.6 Å². The molecular formula is C24H27N3O3S. The number of benzene rings is 1. The summed E-state index contributed by atoms with van der Waals surface area (Å²) in [6, 6.07) is 9.57. The van der Waals surface area contributed by atoms with Gasteiger partial charge in [0.1, 0.15) is 11.1 Å². The average molecular weight is 438 g/mol. The van der Waals surface area contributed by atoms with Gasteiger partial charge in [-0.25, -0.2) is 4.98 Å². The fourth-order valence-electron chi connectivity index (χ4n) is 3.99. The second kappa shape index (κ2) is 8.43. The van der Waals surface area contributed by atoms with Crippen molar-refractivity contribution in [1.82, 2.24) is 4.98 Å². The monoisotopic (exact) mass is 437 g/mol. The molecule has 2 aliphatic rings. The highest BCUT2D eigenvalue weighted by Gasteiger charge is 2.30. The van der Waals surface area contributed by atoms with Gasteiger partial charge in [-0.05, 0) is 61.3 Å². The summed E-state index contributed by atoms with van der Waals surface area (Å²) in [6.07, 6.45) is 2.96. The first-order chi connectivity index (χ1) is 14.7. The Morgan fingerprint density at radius 3 is 2.81 bits per heavy atom. The summed E-state index contributed by atoms with van der Waals surface area (Å²) >= 11 is 1.33. The maximum atomic E-state index is 12.7. The Balaban J connectivity index is 1.47. The summed E-state index contributed by atoms with van der Waals surface area (Å²) in [7, 11) is 0. The highest BCUT2D eigenvalue weighted by Crippen LogP contribution is 2.39. The number of hydrogen-bond donors (Lipinski definition) is 1. The molecule has 1 aliphatic heterocycles. The predicted octanol–water partition coefficient (Wildman–Crippen LogP) is 4.95. The lowest BCUT2D eigenvalue weighted by atomic mass is 9.71. The summed E-state index contributed by atoms with van der Waals surface area (Å²) in [5.41, 5.74) is 3.66. The minimum atomic E-state index is -0.408. The second-order valence-corrected chi connectivity index (χ2v) is 10.5. The van der Waals surface area contributed by atoms with Crippen LogP contribution >= 0.6 is 11.8 Å². The van der Waals surface area contributed by atoms with Gasteiger partial charge in [0.05, 0.1) is 10.8 Å². The molecule has 31 heavy (non-hydrogen) atoms. The van der Waals surface area contributed by atoms with Crippen LogP contribution in [0.2, 0.25) is 0 Å². The quantitative estimate of drug-likeness (QED) is 0.681. The van der Waals surface area contributed by atoms with Gasteiger partial charge >= 0.3 is 0 Å². The Labute approximate surface area is 187 Å². The Bertz CT molecular complexity index is 1060. The summed E-state index contributed by atoms with van der Waals surface area (Å²) in [4.78, 5) is 17.5. The maximum absolute atomic E-state index is 12.7. The van der Waals surface area contributed by atoms with E-state index in [0.717, 1.165) is 25.0 Å². The number of amides is 1. The van der Waals surface area contributed by atoms with Crippen LogP contribution < -0.4 is 14.8 Å². The first-order valence-electron chi connectivity index (χ1n) is 10.5. The van der Waals surface area contributed by atoms with Crippen LogP contribution in [0.4, 0.5) is 5.69 Å². The van der Waals surface area contributed by atoms with Crippen LogP contribution in [0.15, 0.2) is 29.3 Å². The first-order valence-corrected chi connectivity index (χ1v) is 11.4. The van der Waals surface area contributed by atoms with E-state index >= 15 is 0 Å². The third kappa shape index (κ3) is 4.64. The number of fused-ring (bicyclic) bond motifs is 2. The molecule has 1 N–H and O–H groups in total. The minimum absolute atomic E-state index is 0.153. The van der Waals surface area contributed by atoms with E-state index in [1.807, 2.05) is 13.0 Å². The molecule has 1 aromatic carbocycles. The lowest BCUT2D eigenvalue weighted by Crippen LogP contribution is -2.27. The van der Waals surface area contributed by atoms with Gasteiger partial charge in [0.2, 0.25) is 12.7 Å². The number of carbonyl (C=O) groups excluding carboxylic acids is 1. The van der Waals surface area contributed by atoms with E-state index in [-0.39, 0.29) is 18.1 Å². The van der Waals surface area contributed by atoms with Crippen molar-refractivity contribution in [2.24, 2.45) is 11.3 Å². The van der Waals surface area contributed by atoms with Crippen molar-refractivity contribution in [3.63, 3.8) is 0 Å². The normalized spacial score (nSPS) is 18.1. The molecule has 0 fully saturated rings. The number of nitriles is 1. The lowest BCUT2D eigenvalue weighted by molar-refractivity contribution is -0.115. The number of pyridine rings is 1. The molecule has 2 aromatic rings. The molecule has 0 saturated heterocycles. The van der Waals surface area contributed by atoms with Gasteiger partial charge in [-0.1, -0.05) is 32.5 Å². The molecule has 2 atom stereocenters. The Morgan fingerprint density at radius 1 is 1.29 bits per heavy atom. The summed E-state index contributed by atoms with van der Waals surface area (Å²) in [5.74, 6) is 1.72. The topological polar surface area (TPSA) is 84.2 Å². The minimum Gasteiger partial charge on any atom is -0.454 e. The molecule has 0 saturated carbocycles. The van der Waals surface area contributed by atoms with Crippen LogP contribution in [0.3, 0.4) is 0 Å². The maximum Gasteiger partial charge on any atom is 0.237 e. The molecule has 2 unspecified atom stereocenters. The van der Waals surface area contributed by atoms with Gasteiger partial charge in [-0.15, -0.1) is 0 Å². The Morgan fingerprint density at radius 2 is 2.06 bits per heavy atom. The fraction of sp³-hybridized carbons (Fsp3) is 0.458. The van der Waals surface area contributed by atoms with E-state index < -0.39 is 5.25 Å². The molecule has 1 aromatic heterocycles. The van der Waals surface area contributed by atoms with Gasteiger partial charge in [0.15, 0.2) is 11.5 Å². The third-order valence-electron chi connectivity index (χ3n) is 6.00. The van der Waals surface area contributed by atoms with Crippen molar-refractivity contribution in [2.45, 2.75) is 57.2 Å². The van der Waals surface area contributed by atoms with Gasteiger partial charge in [0.25, 0.3) is 0 Å². The number of ether oxygens (including phenoxy) is 2. The number of aryl methyl sites for hydroxylation is 1. The fourth-order valence-corrected chi connectivity index (χ4v) is 4.89. The van der Waals surface area contributed by atoms with Crippen molar-refractivity contribution in [2.75, 3.05) is 12.1 Å². The SMILES string of the molecule is CC(Sc1nc2c(cc1C#N)CC(C(C)(C)C)CC2)C(=O)Nc1ccc2c(c1)OCO2. The Hall–Kier alpha value is -2.72. The van der Waals surface area contributed by atoms with E-state index in [1.54, 1.807) is 18.2 Å². The zero-order valence-electron chi connectivity index (χ0n) is 18.3. The van der Waals surface area contributed by atoms with Crippen molar-refractivity contribution in [3.05, 3.63) is 41.1 Å². The number of nitrogens with one attached hydrogen (secondary N) is 1. The number of hydrogen-bond acceptors (Lipinski definition) is 6. The summed E-state index contributed by atoms with van der Waals surface area (Å²) in [5, 5.41) is 12.8. The number of nitrogens with zero attached hydrogens (tertiary/aromatic N) is 2. The van der Waals surface area contributed by atoms with E-state index in [0.29, 0.717) is 33.7 Å². The number of aromatic nitrogens is 1. The number of thioether (sulfide) groups is 1. The smallest absolute Gasteiger partial charge is 0.237 e. The highest BCUT2D eigenvalue weighted by atomic mass is 32.2. The molecular weight excluding hydrogens is 410 g/mol. The Kier molecular flexibility index (Phi) is 5.85. The van der Waals surface area contributed by atoms with Crippen LogP contribution in [0.25, 0.3) is 0 Å². The van der Waals surface area contributed by atoms with Crippen molar-refractivity contribution in [1.29, 1.82) is 5.26 Å². The molecule has 4 rings (SSSR count). The standard InChI is InChI=1S/C24H27N3O3S/c1-14(22(28)26-18-6-8-20-21(11-18)30-13-29-20)31-23-16(12-25)9-15-10-17(24(2,3)4)5-7-19(15)27-23/h6,8-9,11,14,17H,5,7,10,13H2,1-4H3,(H,26,28). The van der Waals surface area contributed by atoms with Crippen LogP contribution in [-0.4, -0.2) is 22.9 Å². The summed E-state index contributed by atoms with van der Waals surface area (Å²) < 4.78 is 10.7. The van der Waals surface area contributed by atoms with Crippen LogP contribution in [0.5, 0.6) is 11.5 Å². The highest BCUT2D eigenvalue weighted by molar-refractivity contribution is 8.00. The first kappa shape index (κ1) is 21.5. The molecule has 7 heteroatoms. The van der Waals surface area contributed by atoms with Gasteiger partial charge in [0, 0.05) is 17.4 Å². The molecule has 6 nitrogen and oxygen atoms in total. The van der Waals surface area contributed by atoms with E-state index in [1.165, 1.54) is 17.3 Å². The molecule has 0 bridgehead atoms. The summed E-state index contributed by atoms with van der Waals surface area (Å²) in [6.45, 7) is 8.82. The average Bonchev–Trinajstić information content (AvgIpc) is 3.20. The zero-order valence-corrected chi connectivity index (χ0v) is 19.1. The molecule has 0 radical (unpaired) electrons. The van der Waals surface area contributed by atoms with Gasteiger partial charge in [-0.3, -0.25) is 4.79 Å². The van der Waals surface area contributed by atoms with E-state index in [2.05, 4.69) is 32.2 Å². The molecule has 1 amide bonds. The number of anilines is 1. The van der Waals surface area contributed by atoms with Crippen molar-refractivity contribution in [3.8, 4) is 17.6 Å². The lowest BCUT2D eigenvalue weighted by Gasteiger charge is -2.34. The van der Waals surface area contributed by atoms with E-state index in [9.17, 15) is 10.1 Å². The van der Waals surface area contributed by atoms with Crippen molar-refractivity contribution >= 4 is 23.4 Å². The number of rotatable bonds is 4. The van der Waals surface area contributed by atoms with E-state index in [4.69, 9.17) is 14.5 Å². The predicted molar refractivity (Wildman–Crippen MR) is 120 cm³/mol. The van der Waals surface area contributed by atoms with Crippen LogP contribution in [0.1, 0.15) is 50.9 Å². The second-order valence-electron chi connectivity index (χ2n) is 9.18. The van der Waals surface area contributed by atoms with Crippen molar-refractivity contribution < 1.29 is 14.3 Å². The largest absolute Gasteiger partial charge is 0.454 e. The van der Waals surface area contributed by atoms with Crippen LogP contribution in [0, 0.1) is 22.7 Å². The number of carbonyl (C=O) groups is 1. The molecule has 2 heterocycles. The third-order valence-corrected chi connectivity index (χ3v) is 7.10. The van der Waals surface area contributed by atoms with Gasteiger partial charge < -0.3 is 14.8 Å². The molecule has 162 valence electrons. The van der Waals surface area contributed by atoms with Gasteiger partial charge in [-0.2, -0.15) is 5.26 Å².